The van der Waals surface area contributed by atoms with Crippen molar-refractivity contribution in [3.63, 3.8) is 0 Å². The lowest BCUT2D eigenvalue weighted by atomic mass is 9.94. The zero-order valence-electron chi connectivity index (χ0n) is 22.5. The number of amides is 1. The molecule has 2 heterocycles. The first-order valence-corrected chi connectivity index (χ1v) is 12.5. The van der Waals surface area contributed by atoms with Crippen LogP contribution in [-0.2, 0) is 20.5 Å². The van der Waals surface area contributed by atoms with Crippen LogP contribution in [0.1, 0.15) is 61.3 Å². The molecule has 0 aliphatic heterocycles. The van der Waals surface area contributed by atoms with Gasteiger partial charge in [0.05, 0.1) is 25.3 Å². The number of hydrogen-bond donors (Lipinski definition) is 1. The van der Waals surface area contributed by atoms with Gasteiger partial charge in [0, 0.05) is 12.3 Å². The second-order valence-electron chi connectivity index (χ2n) is 9.86. The van der Waals surface area contributed by atoms with Crippen molar-refractivity contribution in [2.24, 2.45) is 5.92 Å². The number of hydrogen-bond acceptors (Lipinski definition) is 5. The maximum Gasteiger partial charge on any atom is 0.433 e. The summed E-state index contributed by atoms with van der Waals surface area (Å²) in [5.41, 5.74) is 0.666. The van der Waals surface area contributed by atoms with Crippen molar-refractivity contribution in [3.8, 4) is 11.1 Å². The molecule has 10 heteroatoms. The number of rotatable bonds is 9. The number of nitrogens with zero attached hydrogens (tertiary/aromatic N) is 2. The summed E-state index contributed by atoms with van der Waals surface area (Å²) in [6, 6.07) is 10.1. The van der Waals surface area contributed by atoms with Crippen LogP contribution in [0.25, 0.3) is 11.1 Å². The number of pyridine rings is 2. The van der Waals surface area contributed by atoms with Crippen LogP contribution in [0.3, 0.4) is 0 Å². The molecule has 1 unspecified atom stereocenters. The molecule has 0 fully saturated rings. The summed E-state index contributed by atoms with van der Waals surface area (Å²) in [6.45, 7) is 7.34. The number of esters is 1. The highest BCUT2D eigenvalue weighted by Gasteiger charge is 2.35. The molecule has 0 bridgehead atoms. The fourth-order valence-corrected chi connectivity index (χ4v) is 4.53. The van der Waals surface area contributed by atoms with Gasteiger partial charge in [-0.3, -0.25) is 14.4 Å². The molecular weight excluding hydrogens is 511 g/mol. The van der Waals surface area contributed by atoms with Gasteiger partial charge < -0.3 is 14.6 Å². The lowest BCUT2D eigenvalue weighted by molar-refractivity contribution is -0.141. The molecule has 0 saturated heterocycles. The topological polar surface area (TPSA) is 90.3 Å². The first-order chi connectivity index (χ1) is 18.3. The van der Waals surface area contributed by atoms with Crippen LogP contribution in [-0.4, -0.2) is 28.5 Å². The Morgan fingerprint density at radius 2 is 1.72 bits per heavy atom. The zero-order valence-corrected chi connectivity index (χ0v) is 22.5. The number of benzene rings is 1. The van der Waals surface area contributed by atoms with Gasteiger partial charge in [-0.05, 0) is 66.6 Å². The summed E-state index contributed by atoms with van der Waals surface area (Å²) < 4.78 is 48.0. The molecule has 3 rings (SSSR count). The largest absolute Gasteiger partial charge is 0.469 e. The van der Waals surface area contributed by atoms with Gasteiger partial charge in [-0.2, -0.15) is 13.2 Å². The number of carbonyl (C=O) groups is 2. The van der Waals surface area contributed by atoms with Crippen LogP contribution in [0.4, 0.5) is 13.2 Å². The predicted molar refractivity (Wildman–Crippen MR) is 141 cm³/mol. The lowest BCUT2D eigenvalue weighted by Crippen LogP contribution is -2.40. The summed E-state index contributed by atoms with van der Waals surface area (Å²) in [7, 11) is 1.15. The molecule has 0 aliphatic carbocycles. The molecule has 208 valence electrons. The van der Waals surface area contributed by atoms with Gasteiger partial charge in [-0.25, -0.2) is 4.98 Å². The smallest absolute Gasteiger partial charge is 0.433 e. The monoisotopic (exact) mass is 543 g/mol. The van der Waals surface area contributed by atoms with Gasteiger partial charge in [0.25, 0.3) is 5.56 Å². The summed E-state index contributed by atoms with van der Waals surface area (Å²) >= 11 is 0. The maximum absolute atomic E-state index is 14.0. The van der Waals surface area contributed by atoms with E-state index in [1.54, 1.807) is 38.1 Å². The van der Waals surface area contributed by atoms with E-state index in [4.69, 9.17) is 4.74 Å². The third kappa shape index (κ3) is 7.34. The van der Waals surface area contributed by atoms with Crippen LogP contribution in [0.5, 0.6) is 0 Å². The van der Waals surface area contributed by atoms with Gasteiger partial charge in [0.2, 0.25) is 5.91 Å². The van der Waals surface area contributed by atoms with Gasteiger partial charge in [-0.15, -0.1) is 0 Å². The number of nitrogens with one attached hydrogen (secondary N) is 1. The molecule has 1 amide bonds. The van der Waals surface area contributed by atoms with E-state index < -0.39 is 47.8 Å². The van der Waals surface area contributed by atoms with Crippen LogP contribution in [0.2, 0.25) is 0 Å². The van der Waals surface area contributed by atoms with Crippen molar-refractivity contribution in [1.82, 2.24) is 14.9 Å². The standard InChI is InChI=1S/C29H32F3N3O4/c1-17(2)13-23(35-12-7-6-11-25(35)36)28(38)34-22(16-26(37)39-5)21-14-20(15-24(33-21)29(30,31)32)27-18(3)9-8-10-19(27)4/h6-12,14-15,17,22-23H,13,16H2,1-5H3,(H,34,38)/t22-,23?/m0/s1. The number of alkyl halides is 3. The number of halogens is 3. The Kier molecular flexibility index (Phi) is 9.32. The third-order valence-electron chi connectivity index (χ3n) is 6.36. The summed E-state index contributed by atoms with van der Waals surface area (Å²) in [6.07, 6.45) is -3.48. The van der Waals surface area contributed by atoms with Crippen LogP contribution in [0, 0.1) is 19.8 Å². The van der Waals surface area contributed by atoms with E-state index in [9.17, 15) is 27.6 Å². The second-order valence-corrected chi connectivity index (χ2v) is 9.86. The van der Waals surface area contributed by atoms with Crippen LogP contribution in [0.15, 0.2) is 59.5 Å². The maximum atomic E-state index is 14.0. The zero-order chi connectivity index (χ0) is 28.9. The van der Waals surface area contributed by atoms with E-state index in [0.717, 1.165) is 24.3 Å². The molecule has 1 N–H and O–H groups in total. The Morgan fingerprint density at radius 3 is 2.28 bits per heavy atom. The number of aryl methyl sites for hydroxylation is 2. The summed E-state index contributed by atoms with van der Waals surface area (Å²) in [5, 5.41) is 2.69. The van der Waals surface area contributed by atoms with Crippen molar-refractivity contribution in [2.45, 2.75) is 58.8 Å². The van der Waals surface area contributed by atoms with E-state index in [1.165, 1.54) is 22.9 Å². The Hall–Kier alpha value is -3.95. The van der Waals surface area contributed by atoms with Gasteiger partial charge in [0.15, 0.2) is 0 Å². The van der Waals surface area contributed by atoms with E-state index in [0.29, 0.717) is 5.56 Å². The molecule has 7 nitrogen and oxygen atoms in total. The molecular formula is C29H32F3N3O4. The van der Waals surface area contributed by atoms with E-state index >= 15 is 0 Å². The lowest BCUT2D eigenvalue weighted by Gasteiger charge is -2.25. The minimum absolute atomic E-state index is 0.00855. The van der Waals surface area contributed by atoms with E-state index in [-0.39, 0.29) is 23.6 Å². The highest BCUT2D eigenvalue weighted by atomic mass is 19.4. The van der Waals surface area contributed by atoms with Crippen molar-refractivity contribution in [2.75, 3.05) is 7.11 Å². The average molecular weight is 544 g/mol. The fourth-order valence-electron chi connectivity index (χ4n) is 4.53. The molecule has 39 heavy (non-hydrogen) atoms. The van der Waals surface area contributed by atoms with Gasteiger partial charge in [-0.1, -0.05) is 38.1 Å². The second kappa shape index (κ2) is 12.3. The Morgan fingerprint density at radius 1 is 1.05 bits per heavy atom. The molecule has 1 aromatic carbocycles. The number of ether oxygens (including phenoxy) is 1. The van der Waals surface area contributed by atoms with Gasteiger partial charge in [0.1, 0.15) is 11.7 Å². The molecule has 3 aromatic rings. The molecule has 0 spiro atoms. The molecule has 2 aromatic heterocycles. The summed E-state index contributed by atoms with van der Waals surface area (Å²) in [4.78, 5) is 42.2. The van der Waals surface area contributed by atoms with Gasteiger partial charge >= 0.3 is 12.1 Å². The first kappa shape index (κ1) is 29.6. The Labute approximate surface area is 225 Å². The molecule has 0 saturated carbocycles. The Bertz CT molecular complexity index is 1380. The summed E-state index contributed by atoms with van der Waals surface area (Å²) in [5.74, 6) is -1.36. The third-order valence-corrected chi connectivity index (χ3v) is 6.36. The first-order valence-electron chi connectivity index (χ1n) is 12.5. The Balaban J connectivity index is 2.15. The predicted octanol–water partition coefficient (Wildman–Crippen LogP) is 5.55. The quantitative estimate of drug-likeness (QED) is 0.357. The van der Waals surface area contributed by atoms with Crippen LogP contribution < -0.4 is 10.9 Å². The molecule has 0 radical (unpaired) electrons. The van der Waals surface area contributed by atoms with E-state index in [1.807, 2.05) is 19.9 Å². The highest BCUT2D eigenvalue weighted by molar-refractivity contribution is 5.82. The highest BCUT2D eigenvalue weighted by Crippen LogP contribution is 2.35. The van der Waals surface area contributed by atoms with Crippen LogP contribution >= 0.6 is 0 Å². The fraction of sp³-hybridized carbons (Fsp3) is 0.379. The number of methoxy groups -OCH3 is 1. The minimum Gasteiger partial charge on any atom is -0.469 e. The number of aromatic nitrogens is 2. The SMILES string of the molecule is COC(=O)C[C@H](NC(=O)C(CC(C)C)n1ccccc1=O)c1cc(-c2c(C)cccc2C)cc(C(F)(F)F)n1. The van der Waals surface area contributed by atoms with E-state index in [2.05, 4.69) is 10.3 Å². The van der Waals surface area contributed by atoms with Crippen molar-refractivity contribution < 1.29 is 27.5 Å². The average Bonchev–Trinajstić information content (AvgIpc) is 2.86. The minimum atomic E-state index is -4.78. The van der Waals surface area contributed by atoms with Crippen molar-refractivity contribution in [3.05, 3.63) is 87.6 Å². The molecule has 2 atom stereocenters. The molecule has 0 aliphatic rings. The normalized spacial score (nSPS) is 13.2. The number of carbonyl (C=O) groups excluding carboxylic acids is 2. The van der Waals surface area contributed by atoms with Crippen molar-refractivity contribution >= 4 is 11.9 Å². The van der Waals surface area contributed by atoms with Crippen molar-refractivity contribution in [1.29, 1.82) is 0 Å².